The van der Waals surface area contributed by atoms with Crippen LogP contribution in [-0.2, 0) is 11.2 Å². The molecule has 0 saturated heterocycles. The van der Waals surface area contributed by atoms with Crippen LogP contribution >= 0.6 is 11.6 Å². The number of rotatable bonds is 6. The van der Waals surface area contributed by atoms with Crippen LogP contribution in [0.3, 0.4) is 0 Å². The number of alkyl halides is 3. The van der Waals surface area contributed by atoms with E-state index in [4.69, 9.17) is 17.4 Å². The van der Waals surface area contributed by atoms with Crippen LogP contribution in [0.25, 0.3) is 0 Å². The zero-order valence-corrected chi connectivity index (χ0v) is 11.2. The Bertz CT molecular complexity index is 412. The van der Waals surface area contributed by atoms with E-state index in [9.17, 15) is 13.2 Å². The first-order chi connectivity index (χ1) is 8.81. The van der Waals surface area contributed by atoms with Gasteiger partial charge in [-0.2, -0.15) is 13.2 Å². The van der Waals surface area contributed by atoms with Crippen molar-refractivity contribution in [3.63, 3.8) is 0 Å². The van der Waals surface area contributed by atoms with Gasteiger partial charge in [0.2, 0.25) is 0 Å². The molecule has 7 heteroatoms. The summed E-state index contributed by atoms with van der Waals surface area (Å²) in [6.45, 7) is 0.480. The van der Waals surface area contributed by atoms with Crippen LogP contribution in [0, 0.1) is 6.92 Å². The van der Waals surface area contributed by atoms with Crippen molar-refractivity contribution in [2.45, 2.75) is 25.6 Å². The SMILES string of the molecule is Cc1ccc(CC(COCC(F)(F)F)NN)c(Cl)c1. The molecule has 0 aliphatic heterocycles. The molecule has 0 aromatic heterocycles. The molecule has 3 nitrogen and oxygen atoms in total. The molecular formula is C12H16ClF3N2O. The highest BCUT2D eigenvalue weighted by Gasteiger charge is 2.27. The summed E-state index contributed by atoms with van der Waals surface area (Å²) in [5, 5.41) is 0.566. The molecular weight excluding hydrogens is 281 g/mol. The van der Waals surface area contributed by atoms with Crippen molar-refractivity contribution in [2.75, 3.05) is 13.2 Å². The van der Waals surface area contributed by atoms with Gasteiger partial charge in [0, 0.05) is 11.1 Å². The van der Waals surface area contributed by atoms with Crippen LogP contribution in [0.15, 0.2) is 18.2 Å². The third kappa shape index (κ3) is 6.24. The standard InChI is InChI=1S/C12H16ClF3N2O/c1-8-2-3-9(11(13)4-8)5-10(18-17)6-19-7-12(14,15)16/h2-4,10,18H,5-7,17H2,1H3. The van der Waals surface area contributed by atoms with E-state index in [0.717, 1.165) is 11.1 Å². The van der Waals surface area contributed by atoms with E-state index in [1.54, 1.807) is 6.07 Å². The molecule has 3 N–H and O–H groups in total. The third-order valence-electron chi connectivity index (χ3n) is 2.50. The number of aryl methyl sites for hydroxylation is 1. The van der Waals surface area contributed by atoms with E-state index < -0.39 is 18.8 Å². The number of hydrogen-bond donors (Lipinski definition) is 2. The lowest BCUT2D eigenvalue weighted by Crippen LogP contribution is -2.41. The molecule has 0 aliphatic rings. The molecule has 1 atom stereocenters. The van der Waals surface area contributed by atoms with Crippen molar-refractivity contribution < 1.29 is 17.9 Å². The fourth-order valence-electron chi connectivity index (χ4n) is 1.57. The first-order valence-electron chi connectivity index (χ1n) is 5.67. The smallest absolute Gasteiger partial charge is 0.370 e. The van der Waals surface area contributed by atoms with Gasteiger partial charge in [-0.05, 0) is 30.5 Å². The second-order valence-corrected chi connectivity index (χ2v) is 4.70. The lowest BCUT2D eigenvalue weighted by molar-refractivity contribution is -0.175. The maximum absolute atomic E-state index is 11.9. The van der Waals surface area contributed by atoms with Crippen LogP contribution in [0.1, 0.15) is 11.1 Å². The van der Waals surface area contributed by atoms with Gasteiger partial charge in [0.25, 0.3) is 0 Å². The third-order valence-corrected chi connectivity index (χ3v) is 2.85. The summed E-state index contributed by atoms with van der Waals surface area (Å²) in [4.78, 5) is 0. The lowest BCUT2D eigenvalue weighted by atomic mass is 10.1. The van der Waals surface area contributed by atoms with Crippen LogP contribution < -0.4 is 11.3 Å². The highest BCUT2D eigenvalue weighted by atomic mass is 35.5. The topological polar surface area (TPSA) is 47.3 Å². The summed E-state index contributed by atoms with van der Waals surface area (Å²) < 4.78 is 40.4. The van der Waals surface area contributed by atoms with Gasteiger partial charge in [-0.1, -0.05) is 23.7 Å². The van der Waals surface area contributed by atoms with Gasteiger partial charge >= 0.3 is 6.18 Å². The molecule has 19 heavy (non-hydrogen) atoms. The molecule has 0 heterocycles. The predicted octanol–water partition coefficient (Wildman–Crippen LogP) is 2.60. The predicted molar refractivity (Wildman–Crippen MR) is 67.9 cm³/mol. The van der Waals surface area contributed by atoms with E-state index in [-0.39, 0.29) is 6.61 Å². The lowest BCUT2D eigenvalue weighted by Gasteiger charge is -2.17. The van der Waals surface area contributed by atoms with Crippen LogP contribution in [0.5, 0.6) is 0 Å². The summed E-state index contributed by atoms with van der Waals surface area (Å²) in [5.74, 6) is 5.30. The van der Waals surface area contributed by atoms with Crippen molar-refractivity contribution in [1.82, 2.24) is 5.43 Å². The Morgan fingerprint density at radius 2 is 2.11 bits per heavy atom. The molecule has 108 valence electrons. The van der Waals surface area contributed by atoms with E-state index in [0.29, 0.717) is 11.4 Å². The summed E-state index contributed by atoms with van der Waals surface area (Å²) in [7, 11) is 0. The van der Waals surface area contributed by atoms with Crippen molar-refractivity contribution >= 4 is 11.6 Å². The Morgan fingerprint density at radius 3 is 2.63 bits per heavy atom. The fourth-order valence-corrected chi connectivity index (χ4v) is 1.88. The largest absolute Gasteiger partial charge is 0.411 e. The van der Waals surface area contributed by atoms with Crippen molar-refractivity contribution in [3.05, 3.63) is 34.3 Å². The second kappa shape index (κ2) is 7.09. The van der Waals surface area contributed by atoms with Crippen LogP contribution in [-0.4, -0.2) is 25.4 Å². The maximum atomic E-state index is 11.9. The van der Waals surface area contributed by atoms with E-state index in [2.05, 4.69) is 10.2 Å². The molecule has 0 aliphatic carbocycles. The number of nitrogens with two attached hydrogens (primary N) is 1. The summed E-state index contributed by atoms with van der Waals surface area (Å²) in [5.41, 5.74) is 4.25. The molecule has 0 fully saturated rings. The highest BCUT2D eigenvalue weighted by molar-refractivity contribution is 6.31. The minimum Gasteiger partial charge on any atom is -0.370 e. The molecule has 1 unspecified atom stereocenters. The fraction of sp³-hybridized carbons (Fsp3) is 0.500. The van der Waals surface area contributed by atoms with Gasteiger partial charge in [-0.25, -0.2) is 0 Å². The van der Waals surface area contributed by atoms with E-state index >= 15 is 0 Å². The first-order valence-corrected chi connectivity index (χ1v) is 6.05. The molecule has 0 saturated carbocycles. The Kier molecular flexibility index (Phi) is 6.06. The van der Waals surface area contributed by atoms with Crippen molar-refractivity contribution in [3.8, 4) is 0 Å². The summed E-state index contributed by atoms with van der Waals surface area (Å²) >= 11 is 6.05. The Hall–Kier alpha value is -0.820. The van der Waals surface area contributed by atoms with Crippen molar-refractivity contribution in [2.24, 2.45) is 5.84 Å². The highest BCUT2D eigenvalue weighted by Crippen LogP contribution is 2.19. The Labute approximate surface area is 114 Å². The van der Waals surface area contributed by atoms with Crippen LogP contribution in [0.2, 0.25) is 5.02 Å². The van der Waals surface area contributed by atoms with Gasteiger partial charge in [-0.15, -0.1) is 0 Å². The zero-order valence-electron chi connectivity index (χ0n) is 10.4. The molecule has 0 radical (unpaired) electrons. The quantitative estimate of drug-likeness (QED) is 0.626. The summed E-state index contributed by atoms with van der Waals surface area (Å²) in [6.07, 6.45) is -3.94. The van der Waals surface area contributed by atoms with Gasteiger partial charge < -0.3 is 4.74 Å². The molecule has 0 bridgehead atoms. The maximum Gasteiger partial charge on any atom is 0.411 e. The monoisotopic (exact) mass is 296 g/mol. The number of hydrogen-bond acceptors (Lipinski definition) is 3. The average molecular weight is 297 g/mol. The van der Waals surface area contributed by atoms with Gasteiger partial charge in [0.05, 0.1) is 6.61 Å². The molecule has 1 rings (SSSR count). The first kappa shape index (κ1) is 16.2. The number of nitrogens with one attached hydrogen (secondary N) is 1. The van der Waals surface area contributed by atoms with Crippen molar-refractivity contribution in [1.29, 1.82) is 0 Å². The zero-order chi connectivity index (χ0) is 14.5. The number of benzene rings is 1. The van der Waals surface area contributed by atoms with Crippen LogP contribution in [0.4, 0.5) is 13.2 Å². The Balaban J connectivity index is 2.52. The number of halogens is 4. The molecule has 0 amide bonds. The second-order valence-electron chi connectivity index (χ2n) is 4.29. The van der Waals surface area contributed by atoms with Gasteiger partial charge in [0.15, 0.2) is 0 Å². The van der Waals surface area contributed by atoms with Gasteiger partial charge in [-0.3, -0.25) is 11.3 Å². The molecule has 1 aromatic carbocycles. The minimum absolute atomic E-state index is 0.139. The Morgan fingerprint density at radius 1 is 1.42 bits per heavy atom. The number of hydrazine groups is 1. The molecule has 1 aromatic rings. The van der Waals surface area contributed by atoms with Gasteiger partial charge in [0.1, 0.15) is 6.61 Å². The minimum atomic E-state index is -4.33. The number of ether oxygens (including phenoxy) is 1. The van der Waals surface area contributed by atoms with E-state index in [1.807, 2.05) is 19.1 Å². The normalized spacial score (nSPS) is 13.6. The average Bonchev–Trinajstić information content (AvgIpc) is 2.29. The van der Waals surface area contributed by atoms with E-state index in [1.165, 1.54) is 0 Å². The molecule has 0 spiro atoms. The summed E-state index contributed by atoms with van der Waals surface area (Å²) in [6, 6.07) is 5.07.